The molecule has 1 aromatic carbocycles. The van der Waals surface area contributed by atoms with Crippen LogP contribution in [0.25, 0.3) is 11.1 Å². The van der Waals surface area contributed by atoms with E-state index < -0.39 is 6.04 Å². The van der Waals surface area contributed by atoms with Gasteiger partial charge in [0.05, 0.1) is 19.2 Å². The van der Waals surface area contributed by atoms with E-state index in [-0.39, 0.29) is 53.6 Å². The molecule has 0 saturated heterocycles. The predicted molar refractivity (Wildman–Crippen MR) is 126 cm³/mol. The van der Waals surface area contributed by atoms with Gasteiger partial charge >= 0.3 is 0 Å². The summed E-state index contributed by atoms with van der Waals surface area (Å²) in [5.41, 5.74) is 1.45. The topological polar surface area (TPSA) is 83.0 Å². The van der Waals surface area contributed by atoms with Crippen LogP contribution in [0.2, 0.25) is 0 Å². The van der Waals surface area contributed by atoms with E-state index in [4.69, 9.17) is 4.74 Å². The molecule has 0 radical (unpaired) electrons. The van der Waals surface area contributed by atoms with Crippen molar-refractivity contribution in [3.8, 4) is 17.0 Å². The van der Waals surface area contributed by atoms with Crippen LogP contribution in [-0.4, -0.2) is 70.6 Å². The Hall–Kier alpha value is -3.00. The maximum atomic E-state index is 13.8. The van der Waals surface area contributed by atoms with Crippen LogP contribution in [0.4, 0.5) is 4.39 Å². The average molecular weight is 470 g/mol. The predicted octanol–water partition coefficient (Wildman–Crippen LogP) is 3.37. The fourth-order valence-electron chi connectivity index (χ4n) is 4.47. The van der Waals surface area contributed by atoms with Crippen molar-refractivity contribution in [1.82, 2.24) is 14.8 Å². The first-order valence-electron chi connectivity index (χ1n) is 11.9. The van der Waals surface area contributed by atoms with Crippen molar-refractivity contribution in [2.45, 2.75) is 45.3 Å². The fourth-order valence-corrected chi connectivity index (χ4v) is 4.47. The van der Waals surface area contributed by atoms with Gasteiger partial charge in [0.25, 0.3) is 5.91 Å². The second-order valence-corrected chi connectivity index (χ2v) is 9.56. The number of nitrogens with zero attached hydrogens (tertiary/aromatic N) is 3. The Morgan fingerprint density at radius 3 is 2.74 bits per heavy atom. The molecule has 0 spiro atoms. The Morgan fingerprint density at radius 1 is 1.32 bits per heavy atom. The normalized spacial score (nSPS) is 21.6. The van der Waals surface area contributed by atoms with Gasteiger partial charge in [-0.05, 0) is 43.5 Å². The summed E-state index contributed by atoms with van der Waals surface area (Å²) < 4.78 is 20.0. The van der Waals surface area contributed by atoms with Gasteiger partial charge in [0.2, 0.25) is 11.8 Å². The van der Waals surface area contributed by atoms with Crippen molar-refractivity contribution in [1.29, 1.82) is 0 Å². The van der Waals surface area contributed by atoms with Crippen LogP contribution in [0.5, 0.6) is 5.88 Å². The maximum Gasteiger partial charge on any atom is 0.259 e. The molecule has 7 nitrogen and oxygen atoms in total. The summed E-state index contributed by atoms with van der Waals surface area (Å²) in [5.74, 6) is -0.397. The minimum Gasteiger partial charge on any atom is -0.472 e. The third-order valence-electron chi connectivity index (χ3n) is 6.96. The highest BCUT2D eigenvalue weighted by Gasteiger charge is 2.36. The quantitative estimate of drug-likeness (QED) is 0.702. The molecule has 2 amide bonds. The molecule has 34 heavy (non-hydrogen) atoms. The molecule has 3 atom stereocenters. The van der Waals surface area contributed by atoms with Crippen LogP contribution in [0, 0.1) is 17.7 Å². The molecular formula is C26H32FN3O4. The molecule has 182 valence electrons. The van der Waals surface area contributed by atoms with Gasteiger partial charge in [0.15, 0.2) is 0 Å². The first kappa shape index (κ1) is 24.1. The van der Waals surface area contributed by atoms with Gasteiger partial charge in [-0.25, -0.2) is 9.37 Å². The molecule has 4 rings (SSSR count). The number of pyridine rings is 1. The number of fused-ring (bicyclic) bond motifs is 1. The molecule has 2 heterocycles. The zero-order valence-corrected chi connectivity index (χ0v) is 19.9. The molecule has 1 N–H and O–H groups in total. The van der Waals surface area contributed by atoms with Crippen LogP contribution in [0.3, 0.4) is 0 Å². The first-order valence-corrected chi connectivity index (χ1v) is 11.9. The largest absolute Gasteiger partial charge is 0.472 e. The third kappa shape index (κ3) is 4.92. The summed E-state index contributed by atoms with van der Waals surface area (Å²) in [6.07, 6.45) is 4.11. The smallest absolute Gasteiger partial charge is 0.259 e. The number of carbonyl (C=O) groups is 2. The maximum absolute atomic E-state index is 13.8. The minimum atomic E-state index is -0.409. The van der Waals surface area contributed by atoms with E-state index in [0.29, 0.717) is 24.2 Å². The molecule has 1 aromatic heterocycles. The second-order valence-electron chi connectivity index (χ2n) is 9.56. The van der Waals surface area contributed by atoms with E-state index in [1.54, 1.807) is 48.2 Å². The summed E-state index contributed by atoms with van der Waals surface area (Å²) in [7, 11) is 1.79. The zero-order chi connectivity index (χ0) is 24.4. The van der Waals surface area contributed by atoms with Crippen LogP contribution < -0.4 is 4.74 Å². The molecule has 1 saturated carbocycles. The summed E-state index contributed by atoms with van der Waals surface area (Å²) in [5, 5.41) is 9.81. The Bertz CT molecular complexity index is 1060. The number of aliphatic hydroxyl groups excluding tert-OH is 1. The molecule has 0 unspecified atom stereocenters. The van der Waals surface area contributed by atoms with Crippen molar-refractivity contribution in [3.63, 3.8) is 0 Å². The van der Waals surface area contributed by atoms with Crippen molar-refractivity contribution in [2.24, 2.45) is 11.8 Å². The number of hydrogen-bond donors (Lipinski definition) is 1. The number of hydrogen-bond acceptors (Lipinski definition) is 5. The zero-order valence-electron chi connectivity index (χ0n) is 19.9. The number of likely N-dealkylation sites (N-methyl/N-ethyl adjacent to an activating group) is 1. The van der Waals surface area contributed by atoms with E-state index in [1.165, 1.54) is 12.1 Å². The van der Waals surface area contributed by atoms with Gasteiger partial charge < -0.3 is 19.6 Å². The molecule has 2 aromatic rings. The van der Waals surface area contributed by atoms with Gasteiger partial charge in [-0.1, -0.05) is 25.5 Å². The Labute approximate surface area is 199 Å². The van der Waals surface area contributed by atoms with Crippen molar-refractivity contribution in [2.75, 3.05) is 26.7 Å². The van der Waals surface area contributed by atoms with Crippen molar-refractivity contribution in [3.05, 3.63) is 47.9 Å². The van der Waals surface area contributed by atoms with E-state index in [0.717, 1.165) is 19.3 Å². The van der Waals surface area contributed by atoms with Crippen molar-refractivity contribution >= 4 is 11.8 Å². The summed E-state index contributed by atoms with van der Waals surface area (Å²) in [6, 6.07) is 7.35. The highest BCUT2D eigenvalue weighted by Crippen LogP contribution is 2.32. The number of amides is 2. The molecule has 1 fully saturated rings. The van der Waals surface area contributed by atoms with E-state index in [1.807, 2.05) is 6.92 Å². The Balaban J connectivity index is 1.68. The summed E-state index contributed by atoms with van der Waals surface area (Å²) >= 11 is 0. The fraction of sp³-hybridized carbons (Fsp3) is 0.500. The van der Waals surface area contributed by atoms with Gasteiger partial charge in [-0.15, -0.1) is 0 Å². The van der Waals surface area contributed by atoms with Gasteiger partial charge in [-0.2, -0.15) is 0 Å². The van der Waals surface area contributed by atoms with E-state index in [9.17, 15) is 19.1 Å². The van der Waals surface area contributed by atoms with Gasteiger partial charge in [0, 0.05) is 37.2 Å². The Kier molecular flexibility index (Phi) is 7.16. The number of aliphatic hydroxyl groups is 1. The number of rotatable bonds is 6. The van der Waals surface area contributed by atoms with Crippen molar-refractivity contribution < 1.29 is 23.8 Å². The van der Waals surface area contributed by atoms with Crippen LogP contribution in [-0.2, 0) is 4.79 Å². The van der Waals surface area contributed by atoms with E-state index in [2.05, 4.69) is 4.98 Å². The number of aromatic nitrogens is 1. The lowest BCUT2D eigenvalue weighted by Gasteiger charge is -2.38. The standard InChI is InChI=1S/C26H32FN3O4/c1-16-13-30(17(2)15-31)26(33)22-11-20(19-8-5-9-21(27)10-19)12-28-24(22)34-23(16)14-29(3)25(32)18-6-4-7-18/h5,8-12,16-18,23,31H,4,6-7,13-15H2,1-3H3/t16-,17-,23+/m0/s1. The van der Waals surface area contributed by atoms with Crippen LogP contribution >= 0.6 is 0 Å². The van der Waals surface area contributed by atoms with Gasteiger partial charge in [-0.3, -0.25) is 9.59 Å². The lowest BCUT2D eigenvalue weighted by Crippen LogP contribution is -2.51. The number of carbonyl (C=O) groups excluding carboxylic acids is 2. The molecule has 1 aliphatic carbocycles. The highest BCUT2D eigenvalue weighted by molar-refractivity contribution is 5.98. The van der Waals surface area contributed by atoms with E-state index >= 15 is 0 Å². The molecule has 8 heteroatoms. The number of ether oxygens (including phenoxy) is 1. The average Bonchev–Trinajstić information content (AvgIpc) is 2.79. The van der Waals surface area contributed by atoms with Gasteiger partial charge in [0.1, 0.15) is 17.5 Å². The van der Waals surface area contributed by atoms with Crippen LogP contribution in [0.15, 0.2) is 36.5 Å². The van der Waals surface area contributed by atoms with Crippen LogP contribution in [0.1, 0.15) is 43.5 Å². The number of halogens is 1. The third-order valence-corrected chi connectivity index (χ3v) is 6.96. The number of benzene rings is 1. The summed E-state index contributed by atoms with van der Waals surface area (Å²) in [4.78, 5) is 34.0. The highest BCUT2D eigenvalue weighted by atomic mass is 19.1. The SMILES string of the molecule is C[C@H]1CN([C@@H](C)CO)C(=O)c2cc(-c3cccc(F)c3)cnc2O[C@@H]1CN(C)C(=O)C1CCC1. The molecular weight excluding hydrogens is 437 g/mol. The molecule has 0 bridgehead atoms. The monoisotopic (exact) mass is 469 g/mol. The second kappa shape index (κ2) is 10.1. The first-order chi connectivity index (χ1) is 16.3. The Morgan fingerprint density at radius 2 is 2.09 bits per heavy atom. The lowest BCUT2D eigenvalue weighted by molar-refractivity contribution is -0.138. The molecule has 2 aliphatic rings. The minimum absolute atomic E-state index is 0.0839. The lowest BCUT2D eigenvalue weighted by atomic mass is 9.84. The molecule has 1 aliphatic heterocycles. The summed E-state index contributed by atoms with van der Waals surface area (Å²) in [6.45, 7) is 4.32.